The van der Waals surface area contributed by atoms with Gasteiger partial charge in [-0.3, -0.25) is 4.98 Å². The number of benzene rings is 2. The smallest absolute Gasteiger partial charge is 0.240 e. The SMILES string of the molecule is Cc1cccc(-c2cccc3c(N=C=O)cccc23)n1. The molecule has 0 aliphatic carbocycles. The molecule has 0 bridgehead atoms. The highest BCUT2D eigenvalue weighted by molar-refractivity contribution is 6.01. The molecule has 0 spiro atoms. The van der Waals surface area contributed by atoms with Gasteiger partial charge in [0.2, 0.25) is 6.08 Å². The molecule has 1 aromatic heterocycles. The minimum Gasteiger partial charge on any atom is -0.253 e. The van der Waals surface area contributed by atoms with E-state index in [2.05, 4.69) is 9.98 Å². The Morgan fingerprint density at radius 3 is 2.50 bits per heavy atom. The van der Waals surface area contributed by atoms with E-state index < -0.39 is 0 Å². The minimum atomic E-state index is 0.631. The van der Waals surface area contributed by atoms with Crippen LogP contribution < -0.4 is 0 Å². The number of aryl methyl sites for hydroxylation is 1. The van der Waals surface area contributed by atoms with Gasteiger partial charge in [-0.15, -0.1) is 0 Å². The summed E-state index contributed by atoms with van der Waals surface area (Å²) in [6, 6.07) is 17.6. The standard InChI is InChI=1S/C17H12N2O/c1-12-5-2-10-17(19-12)15-8-3-7-14-13(15)6-4-9-16(14)18-11-20/h2-10H,1H3. The minimum absolute atomic E-state index is 0.631. The summed E-state index contributed by atoms with van der Waals surface area (Å²) in [6.45, 7) is 1.97. The van der Waals surface area contributed by atoms with Crippen molar-refractivity contribution in [1.82, 2.24) is 4.98 Å². The van der Waals surface area contributed by atoms with Crippen LogP contribution in [0.5, 0.6) is 0 Å². The first-order valence-electron chi connectivity index (χ1n) is 6.33. The van der Waals surface area contributed by atoms with Crippen LogP contribution in [0, 0.1) is 6.92 Å². The molecule has 2 aromatic carbocycles. The lowest BCUT2D eigenvalue weighted by atomic mass is 10.0. The van der Waals surface area contributed by atoms with Gasteiger partial charge < -0.3 is 0 Å². The zero-order valence-electron chi connectivity index (χ0n) is 11.0. The van der Waals surface area contributed by atoms with Crippen molar-refractivity contribution < 1.29 is 4.79 Å². The normalized spacial score (nSPS) is 10.2. The summed E-state index contributed by atoms with van der Waals surface area (Å²) in [5, 5.41) is 1.96. The molecule has 0 radical (unpaired) electrons. The Morgan fingerprint density at radius 1 is 0.950 bits per heavy atom. The van der Waals surface area contributed by atoms with Gasteiger partial charge in [0.25, 0.3) is 0 Å². The third-order valence-electron chi connectivity index (χ3n) is 3.23. The molecule has 20 heavy (non-hydrogen) atoms. The molecular formula is C17H12N2O. The van der Waals surface area contributed by atoms with Crippen LogP contribution in [0.2, 0.25) is 0 Å². The van der Waals surface area contributed by atoms with Crippen LogP contribution in [0.25, 0.3) is 22.0 Å². The molecular weight excluding hydrogens is 248 g/mol. The van der Waals surface area contributed by atoms with Gasteiger partial charge in [-0.2, -0.15) is 4.99 Å². The summed E-state index contributed by atoms with van der Waals surface area (Å²) in [7, 11) is 0. The number of pyridine rings is 1. The van der Waals surface area contributed by atoms with Gasteiger partial charge in [0, 0.05) is 16.6 Å². The highest BCUT2D eigenvalue weighted by atomic mass is 16.1. The van der Waals surface area contributed by atoms with Crippen LogP contribution in [-0.2, 0) is 4.79 Å². The molecule has 3 heteroatoms. The molecule has 0 saturated carbocycles. The molecule has 1 heterocycles. The second kappa shape index (κ2) is 5.08. The third kappa shape index (κ3) is 2.11. The van der Waals surface area contributed by atoms with Crippen LogP contribution in [0.1, 0.15) is 5.69 Å². The molecule has 3 aromatic rings. The molecule has 3 nitrogen and oxygen atoms in total. The topological polar surface area (TPSA) is 42.3 Å². The largest absolute Gasteiger partial charge is 0.253 e. The van der Waals surface area contributed by atoms with Crippen molar-refractivity contribution in [2.24, 2.45) is 4.99 Å². The molecule has 3 rings (SSSR count). The number of aliphatic imine (C=N–C) groups is 1. The lowest BCUT2D eigenvalue weighted by Gasteiger charge is -2.08. The lowest BCUT2D eigenvalue weighted by Crippen LogP contribution is -1.87. The van der Waals surface area contributed by atoms with Crippen molar-refractivity contribution in [3.63, 3.8) is 0 Å². The summed E-state index contributed by atoms with van der Waals surface area (Å²) >= 11 is 0. The Labute approximate surface area is 116 Å². The fourth-order valence-corrected chi connectivity index (χ4v) is 2.36. The highest BCUT2D eigenvalue weighted by Gasteiger charge is 2.07. The van der Waals surface area contributed by atoms with Crippen LogP contribution in [-0.4, -0.2) is 11.1 Å². The zero-order valence-corrected chi connectivity index (χ0v) is 11.0. The van der Waals surface area contributed by atoms with Gasteiger partial charge in [-0.05, 0) is 30.5 Å². The summed E-state index contributed by atoms with van der Waals surface area (Å²) in [6.07, 6.45) is 1.60. The van der Waals surface area contributed by atoms with Crippen molar-refractivity contribution >= 4 is 22.5 Å². The maximum Gasteiger partial charge on any atom is 0.240 e. The van der Waals surface area contributed by atoms with Crippen molar-refractivity contribution in [2.75, 3.05) is 0 Å². The molecule has 0 fully saturated rings. The van der Waals surface area contributed by atoms with Gasteiger partial charge >= 0.3 is 0 Å². The van der Waals surface area contributed by atoms with Crippen LogP contribution in [0.3, 0.4) is 0 Å². The summed E-state index contributed by atoms with van der Waals surface area (Å²) in [5.41, 5.74) is 3.56. The van der Waals surface area contributed by atoms with Crippen LogP contribution in [0.4, 0.5) is 5.69 Å². The Kier molecular flexibility index (Phi) is 3.12. The maximum atomic E-state index is 10.5. The zero-order chi connectivity index (χ0) is 13.9. The van der Waals surface area contributed by atoms with Crippen molar-refractivity contribution in [3.8, 4) is 11.3 Å². The second-order valence-electron chi connectivity index (χ2n) is 4.55. The number of hydrogen-bond acceptors (Lipinski definition) is 3. The first-order chi connectivity index (χ1) is 9.79. The highest BCUT2D eigenvalue weighted by Crippen LogP contribution is 2.32. The number of fused-ring (bicyclic) bond motifs is 1. The summed E-state index contributed by atoms with van der Waals surface area (Å²) in [5.74, 6) is 0. The van der Waals surface area contributed by atoms with E-state index in [0.29, 0.717) is 5.69 Å². The van der Waals surface area contributed by atoms with Gasteiger partial charge in [0.15, 0.2) is 0 Å². The predicted octanol–water partition coefficient (Wildman–Crippen LogP) is 4.18. The van der Waals surface area contributed by atoms with Gasteiger partial charge in [-0.25, -0.2) is 4.79 Å². The molecule has 0 saturated heterocycles. The van der Waals surface area contributed by atoms with Gasteiger partial charge in [-0.1, -0.05) is 36.4 Å². The maximum absolute atomic E-state index is 10.5. The first-order valence-corrected chi connectivity index (χ1v) is 6.33. The fraction of sp³-hybridized carbons (Fsp3) is 0.0588. The van der Waals surface area contributed by atoms with E-state index in [4.69, 9.17) is 0 Å². The molecule has 0 atom stereocenters. The molecule has 0 unspecified atom stereocenters. The number of hydrogen-bond donors (Lipinski definition) is 0. The number of isocyanates is 1. The summed E-state index contributed by atoms with van der Waals surface area (Å²) < 4.78 is 0. The van der Waals surface area contributed by atoms with E-state index in [0.717, 1.165) is 27.7 Å². The quantitative estimate of drug-likeness (QED) is 0.512. The molecule has 0 N–H and O–H groups in total. The third-order valence-corrected chi connectivity index (χ3v) is 3.23. The van der Waals surface area contributed by atoms with Gasteiger partial charge in [0.05, 0.1) is 11.4 Å². The Morgan fingerprint density at radius 2 is 1.70 bits per heavy atom. The van der Waals surface area contributed by atoms with Crippen molar-refractivity contribution in [2.45, 2.75) is 6.92 Å². The van der Waals surface area contributed by atoms with E-state index in [1.165, 1.54) is 0 Å². The van der Waals surface area contributed by atoms with Crippen LogP contribution in [0.15, 0.2) is 59.6 Å². The van der Waals surface area contributed by atoms with Crippen molar-refractivity contribution in [1.29, 1.82) is 0 Å². The van der Waals surface area contributed by atoms with Crippen molar-refractivity contribution in [3.05, 3.63) is 60.3 Å². The molecule has 96 valence electrons. The lowest BCUT2D eigenvalue weighted by molar-refractivity contribution is 0.565. The number of rotatable bonds is 2. The monoisotopic (exact) mass is 260 g/mol. The van der Waals surface area contributed by atoms with Crippen LogP contribution >= 0.6 is 0 Å². The average molecular weight is 260 g/mol. The predicted molar refractivity (Wildman–Crippen MR) is 79.7 cm³/mol. The van der Waals surface area contributed by atoms with E-state index in [9.17, 15) is 4.79 Å². The Hall–Kier alpha value is -2.77. The first kappa shape index (κ1) is 12.3. The summed E-state index contributed by atoms with van der Waals surface area (Å²) in [4.78, 5) is 18.8. The molecule has 0 amide bonds. The molecule has 0 aliphatic rings. The Bertz CT molecular complexity index is 833. The second-order valence-corrected chi connectivity index (χ2v) is 4.55. The van der Waals surface area contributed by atoms with E-state index >= 15 is 0 Å². The number of carbonyl (C=O) groups excluding carboxylic acids is 1. The number of nitrogens with zero attached hydrogens (tertiary/aromatic N) is 2. The fourth-order valence-electron chi connectivity index (χ4n) is 2.36. The number of aromatic nitrogens is 1. The van der Waals surface area contributed by atoms with E-state index in [1.807, 2.05) is 55.5 Å². The average Bonchev–Trinajstić information content (AvgIpc) is 2.47. The molecule has 0 aliphatic heterocycles. The van der Waals surface area contributed by atoms with E-state index in [-0.39, 0.29) is 0 Å². The van der Waals surface area contributed by atoms with E-state index in [1.54, 1.807) is 12.1 Å². The van der Waals surface area contributed by atoms with Gasteiger partial charge in [0.1, 0.15) is 0 Å². The Balaban J connectivity index is 2.32.